The van der Waals surface area contributed by atoms with Crippen molar-refractivity contribution in [3.05, 3.63) is 35.5 Å². The summed E-state index contributed by atoms with van der Waals surface area (Å²) >= 11 is 0. The van der Waals surface area contributed by atoms with Crippen molar-refractivity contribution in [2.75, 3.05) is 0 Å². The van der Waals surface area contributed by atoms with E-state index in [2.05, 4.69) is 16.7 Å². The van der Waals surface area contributed by atoms with Crippen molar-refractivity contribution < 1.29 is 9.90 Å². The van der Waals surface area contributed by atoms with Crippen LogP contribution in [0.3, 0.4) is 0 Å². The van der Waals surface area contributed by atoms with Crippen LogP contribution in [0.15, 0.2) is 24.3 Å². The number of hydrogen-bond acceptors (Lipinski definition) is 2. The van der Waals surface area contributed by atoms with Gasteiger partial charge in [-0.05, 0) is 30.9 Å². The summed E-state index contributed by atoms with van der Waals surface area (Å²) in [5.41, 5.74) is 9.81. The van der Waals surface area contributed by atoms with Gasteiger partial charge in [-0.15, -0.1) is 0 Å². The maximum atomic E-state index is 10.8. The molecule has 1 aromatic carbocycles. The molecule has 2 aromatic rings. The van der Waals surface area contributed by atoms with E-state index in [4.69, 9.17) is 10.8 Å². The van der Waals surface area contributed by atoms with Gasteiger partial charge < -0.3 is 15.4 Å². The molecule has 1 heterocycles. The average Bonchev–Trinajstić information content (AvgIpc) is 2.70. The van der Waals surface area contributed by atoms with Crippen LogP contribution in [-0.2, 0) is 24.2 Å². The first-order valence-corrected chi connectivity index (χ1v) is 6.73. The fraction of sp³-hybridized carbons (Fsp3) is 0.400. The molecule has 1 aliphatic carbocycles. The predicted molar refractivity (Wildman–Crippen MR) is 74.2 cm³/mol. The lowest BCUT2D eigenvalue weighted by Crippen LogP contribution is -2.28. The fourth-order valence-electron chi connectivity index (χ4n) is 3.09. The Kier molecular flexibility index (Phi) is 3.03. The largest absolute Gasteiger partial charge is 0.481 e. The summed E-state index contributed by atoms with van der Waals surface area (Å²) in [7, 11) is 0. The standard InChI is InChI=1S/C15H18N2O2/c16-10-5-6-14-12(9-10)11-3-1-2-4-13(11)17(14)8-7-15(18)19/h1-4,10H,5-9,16H2,(H,18,19). The van der Waals surface area contributed by atoms with Crippen molar-refractivity contribution in [1.29, 1.82) is 0 Å². The van der Waals surface area contributed by atoms with Crippen molar-refractivity contribution in [3.8, 4) is 0 Å². The van der Waals surface area contributed by atoms with E-state index in [1.807, 2.05) is 12.1 Å². The molecule has 0 bridgehead atoms. The molecule has 100 valence electrons. The number of aliphatic carboxylic acids is 1. The number of carboxylic acids is 1. The summed E-state index contributed by atoms with van der Waals surface area (Å²) < 4.78 is 2.17. The van der Waals surface area contributed by atoms with Crippen molar-refractivity contribution in [2.24, 2.45) is 5.73 Å². The molecule has 0 amide bonds. The normalized spacial score (nSPS) is 18.5. The molecule has 0 radical (unpaired) electrons. The lowest BCUT2D eigenvalue weighted by molar-refractivity contribution is -0.137. The molecule has 0 saturated carbocycles. The molecule has 0 aliphatic heterocycles. The van der Waals surface area contributed by atoms with E-state index >= 15 is 0 Å². The minimum absolute atomic E-state index is 0.164. The van der Waals surface area contributed by atoms with Crippen LogP contribution in [0.25, 0.3) is 10.9 Å². The second kappa shape index (κ2) is 4.70. The van der Waals surface area contributed by atoms with Crippen LogP contribution in [0.1, 0.15) is 24.1 Å². The van der Waals surface area contributed by atoms with Crippen LogP contribution in [0.2, 0.25) is 0 Å². The lowest BCUT2D eigenvalue weighted by atomic mass is 9.92. The smallest absolute Gasteiger partial charge is 0.305 e. The van der Waals surface area contributed by atoms with Gasteiger partial charge in [-0.3, -0.25) is 4.79 Å². The van der Waals surface area contributed by atoms with Crippen LogP contribution >= 0.6 is 0 Å². The number of hydrogen-bond donors (Lipinski definition) is 2. The highest BCUT2D eigenvalue weighted by Crippen LogP contribution is 2.31. The minimum Gasteiger partial charge on any atom is -0.481 e. The molecule has 1 aliphatic rings. The first kappa shape index (κ1) is 12.2. The van der Waals surface area contributed by atoms with Gasteiger partial charge in [-0.25, -0.2) is 0 Å². The van der Waals surface area contributed by atoms with Gasteiger partial charge in [-0.1, -0.05) is 18.2 Å². The Morgan fingerprint density at radius 1 is 1.42 bits per heavy atom. The molecule has 1 aromatic heterocycles. The molecule has 0 fully saturated rings. The molecule has 3 rings (SSSR count). The fourth-order valence-corrected chi connectivity index (χ4v) is 3.09. The lowest BCUT2D eigenvalue weighted by Gasteiger charge is -2.20. The molecule has 1 unspecified atom stereocenters. The Bertz CT molecular complexity index is 630. The summed E-state index contributed by atoms with van der Waals surface area (Å²) in [4.78, 5) is 10.8. The van der Waals surface area contributed by atoms with E-state index < -0.39 is 5.97 Å². The first-order valence-electron chi connectivity index (χ1n) is 6.73. The van der Waals surface area contributed by atoms with E-state index in [-0.39, 0.29) is 12.5 Å². The number of fused-ring (bicyclic) bond motifs is 3. The summed E-state index contributed by atoms with van der Waals surface area (Å²) in [6.07, 6.45) is 2.99. The van der Waals surface area contributed by atoms with Gasteiger partial charge in [-0.2, -0.15) is 0 Å². The van der Waals surface area contributed by atoms with Crippen molar-refractivity contribution >= 4 is 16.9 Å². The Morgan fingerprint density at radius 3 is 3.00 bits per heavy atom. The van der Waals surface area contributed by atoms with Crippen LogP contribution in [0.4, 0.5) is 0 Å². The number of para-hydroxylation sites is 1. The molecular formula is C15H18N2O2. The Balaban J connectivity index is 2.12. The summed E-state index contributed by atoms with van der Waals surface area (Å²) in [6.45, 7) is 0.542. The Morgan fingerprint density at radius 2 is 2.21 bits per heavy atom. The highest BCUT2D eigenvalue weighted by molar-refractivity contribution is 5.86. The number of carbonyl (C=O) groups is 1. The number of nitrogens with two attached hydrogens (primary N) is 1. The van der Waals surface area contributed by atoms with Gasteiger partial charge in [0.05, 0.1) is 6.42 Å². The second-order valence-electron chi connectivity index (χ2n) is 5.24. The number of aromatic nitrogens is 1. The molecule has 0 spiro atoms. The zero-order valence-electron chi connectivity index (χ0n) is 10.8. The highest BCUT2D eigenvalue weighted by atomic mass is 16.4. The number of benzene rings is 1. The summed E-state index contributed by atoms with van der Waals surface area (Å²) in [5.74, 6) is -0.751. The van der Waals surface area contributed by atoms with Crippen molar-refractivity contribution in [1.82, 2.24) is 4.57 Å². The topological polar surface area (TPSA) is 68.2 Å². The molecule has 19 heavy (non-hydrogen) atoms. The molecule has 4 nitrogen and oxygen atoms in total. The summed E-state index contributed by atoms with van der Waals surface area (Å²) in [5, 5.41) is 10.1. The number of aryl methyl sites for hydroxylation is 1. The zero-order chi connectivity index (χ0) is 13.4. The average molecular weight is 258 g/mol. The van der Waals surface area contributed by atoms with Gasteiger partial charge in [0.2, 0.25) is 0 Å². The van der Waals surface area contributed by atoms with E-state index in [1.54, 1.807) is 0 Å². The van der Waals surface area contributed by atoms with E-state index in [0.717, 1.165) is 24.8 Å². The van der Waals surface area contributed by atoms with Crippen LogP contribution in [0, 0.1) is 0 Å². The van der Waals surface area contributed by atoms with E-state index in [0.29, 0.717) is 6.54 Å². The van der Waals surface area contributed by atoms with Gasteiger partial charge >= 0.3 is 5.97 Å². The zero-order valence-corrected chi connectivity index (χ0v) is 10.8. The minimum atomic E-state index is -0.751. The molecular weight excluding hydrogens is 240 g/mol. The third-order valence-corrected chi connectivity index (χ3v) is 3.96. The maximum absolute atomic E-state index is 10.8. The quantitative estimate of drug-likeness (QED) is 0.884. The second-order valence-corrected chi connectivity index (χ2v) is 5.24. The molecule has 1 atom stereocenters. The van der Waals surface area contributed by atoms with Crippen LogP contribution < -0.4 is 5.73 Å². The monoisotopic (exact) mass is 258 g/mol. The van der Waals surface area contributed by atoms with E-state index in [1.165, 1.54) is 16.6 Å². The first-order chi connectivity index (χ1) is 9.16. The SMILES string of the molecule is NC1CCc2c(c3ccccc3n2CCC(=O)O)C1. The number of carboxylic acid groups (broad SMARTS) is 1. The van der Waals surface area contributed by atoms with Gasteiger partial charge in [0.15, 0.2) is 0 Å². The summed E-state index contributed by atoms with van der Waals surface area (Å²) in [6, 6.07) is 8.45. The van der Waals surface area contributed by atoms with Crippen LogP contribution in [0.5, 0.6) is 0 Å². The third-order valence-electron chi connectivity index (χ3n) is 3.96. The van der Waals surface area contributed by atoms with E-state index in [9.17, 15) is 4.79 Å². The Hall–Kier alpha value is -1.81. The van der Waals surface area contributed by atoms with Crippen molar-refractivity contribution in [3.63, 3.8) is 0 Å². The molecule has 4 heteroatoms. The predicted octanol–water partition coefficient (Wildman–Crippen LogP) is 1.93. The van der Waals surface area contributed by atoms with Gasteiger partial charge in [0.25, 0.3) is 0 Å². The number of rotatable bonds is 3. The maximum Gasteiger partial charge on any atom is 0.305 e. The Labute approximate surface area is 111 Å². The molecule has 0 saturated heterocycles. The van der Waals surface area contributed by atoms with Gasteiger partial charge in [0, 0.05) is 29.2 Å². The third kappa shape index (κ3) is 2.12. The van der Waals surface area contributed by atoms with Crippen molar-refractivity contribution in [2.45, 2.75) is 38.3 Å². The molecule has 3 N–H and O–H groups in total. The van der Waals surface area contributed by atoms with Gasteiger partial charge in [0.1, 0.15) is 0 Å². The van der Waals surface area contributed by atoms with Crippen LogP contribution in [-0.4, -0.2) is 21.7 Å². The number of nitrogens with zero attached hydrogens (tertiary/aromatic N) is 1. The highest BCUT2D eigenvalue weighted by Gasteiger charge is 2.23.